The maximum atomic E-state index is 12.5. The van der Waals surface area contributed by atoms with Crippen molar-refractivity contribution in [2.24, 2.45) is 0 Å². The molecule has 0 atom stereocenters. The van der Waals surface area contributed by atoms with Crippen LogP contribution in [0.1, 0.15) is 55.6 Å². The van der Waals surface area contributed by atoms with E-state index in [9.17, 15) is 4.79 Å². The Hall–Kier alpha value is -2.73. The summed E-state index contributed by atoms with van der Waals surface area (Å²) in [6.07, 6.45) is 9.10. The highest BCUT2D eigenvalue weighted by Gasteiger charge is 2.16. The number of likely N-dealkylation sites (tertiary alicyclic amines) is 1. The topological polar surface area (TPSA) is 73.9 Å². The number of hydrogen-bond acceptors (Lipinski definition) is 4. The average molecular weight is 392 g/mol. The number of H-pyrrole nitrogens is 1. The zero-order valence-electron chi connectivity index (χ0n) is 17.2. The third-order valence-corrected chi connectivity index (χ3v) is 5.43. The van der Waals surface area contributed by atoms with Crippen LogP contribution in [0.3, 0.4) is 0 Å². The van der Waals surface area contributed by atoms with Gasteiger partial charge >= 0.3 is 0 Å². The highest BCUT2D eigenvalue weighted by atomic mass is 16.2. The molecule has 1 aliphatic heterocycles. The Morgan fingerprint density at radius 2 is 1.90 bits per heavy atom. The molecule has 2 N–H and O–H groups in total. The summed E-state index contributed by atoms with van der Waals surface area (Å²) >= 11 is 0. The summed E-state index contributed by atoms with van der Waals surface area (Å²) in [7, 11) is 0. The quantitative estimate of drug-likeness (QED) is 0.686. The normalized spacial score (nSPS) is 15.6. The summed E-state index contributed by atoms with van der Waals surface area (Å²) < 4.78 is 0. The first kappa shape index (κ1) is 19.6. The Labute approximate surface area is 171 Å². The summed E-state index contributed by atoms with van der Waals surface area (Å²) in [4.78, 5) is 19.5. The average Bonchev–Trinajstić information content (AvgIpc) is 2.96. The van der Waals surface area contributed by atoms with Crippen LogP contribution < -0.4 is 5.32 Å². The lowest BCUT2D eigenvalue weighted by Crippen LogP contribution is -2.30. The van der Waals surface area contributed by atoms with Crippen molar-refractivity contribution in [1.29, 1.82) is 0 Å². The minimum atomic E-state index is -0.156. The van der Waals surface area contributed by atoms with E-state index in [1.165, 1.54) is 44.3 Å². The summed E-state index contributed by atoms with van der Waals surface area (Å²) in [5.74, 6) is -0.156. The lowest BCUT2D eigenvalue weighted by molar-refractivity contribution is 0.0939. The van der Waals surface area contributed by atoms with Crippen LogP contribution in [0.4, 0.5) is 0 Å². The second-order valence-corrected chi connectivity index (χ2v) is 8.23. The van der Waals surface area contributed by atoms with Gasteiger partial charge in [-0.15, -0.1) is 0 Å². The second kappa shape index (κ2) is 8.74. The van der Waals surface area contributed by atoms with Crippen molar-refractivity contribution in [2.45, 2.75) is 52.1 Å². The van der Waals surface area contributed by atoms with Gasteiger partial charge in [0, 0.05) is 35.9 Å². The molecule has 2 aromatic heterocycles. The van der Waals surface area contributed by atoms with Crippen LogP contribution >= 0.6 is 0 Å². The highest BCUT2D eigenvalue weighted by molar-refractivity contribution is 6.05. The van der Waals surface area contributed by atoms with Gasteiger partial charge in [-0.2, -0.15) is 5.10 Å². The zero-order chi connectivity index (χ0) is 20.2. The monoisotopic (exact) mass is 391 g/mol. The van der Waals surface area contributed by atoms with Gasteiger partial charge in [-0.05, 0) is 69.1 Å². The number of amides is 1. The van der Waals surface area contributed by atoms with Crippen molar-refractivity contribution in [3.8, 4) is 11.1 Å². The fourth-order valence-electron chi connectivity index (χ4n) is 3.98. The third kappa shape index (κ3) is 4.65. The van der Waals surface area contributed by atoms with Crippen molar-refractivity contribution in [2.75, 3.05) is 13.1 Å². The number of aromatic amines is 1. The fraction of sp³-hybridized carbons (Fsp3) is 0.435. The van der Waals surface area contributed by atoms with Gasteiger partial charge in [-0.1, -0.05) is 18.9 Å². The van der Waals surface area contributed by atoms with Crippen molar-refractivity contribution >= 4 is 16.8 Å². The second-order valence-electron chi connectivity index (χ2n) is 8.23. The molecule has 1 aliphatic rings. The van der Waals surface area contributed by atoms with Gasteiger partial charge in [0.2, 0.25) is 0 Å². The zero-order valence-corrected chi connectivity index (χ0v) is 17.2. The molecule has 6 heteroatoms. The maximum Gasteiger partial charge on any atom is 0.272 e. The smallest absolute Gasteiger partial charge is 0.272 e. The van der Waals surface area contributed by atoms with Crippen molar-refractivity contribution < 1.29 is 4.79 Å². The number of carbonyl (C=O) groups excluding carboxylic acids is 1. The van der Waals surface area contributed by atoms with Crippen LogP contribution in [0, 0.1) is 0 Å². The van der Waals surface area contributed by atoms with Gasteiger partial charge < -0.3 is 5.32 Å². The molecule has 0 bridgehead atoms. The molecular weight excluding hydrogens is 362 g/mol. The summed E-state index contributed by atoms with van der Waals surface area (Å²) in [6.45, 7) is 7.16. The molecule has 6 nitrogen and oxygen atoms in total. The van der Waals surface area contributed by atoms with E-state index in [1.54, 1.807) is 0 Å². The minimum Gasteiger partial charge on any atom is -0.348 e. The summed E-state index contributed by atoms with van der Waals surface area (Å²) in [5, 5.41) is 10.9. The number of fused-ring (bicyclic) bond motifs is 1. The van der Waals surface area contributed by atoms with E-state index in [1.807, 2.05) is 38.4 Å². The van der Waals surface area contributed by atoms with Gasteiger partial charge in [-0.3, -0.25) is 19.8 Å². The molecule has 1 aromatic carbocycles. The largest absolute Gasteiger partial charge is 0.348 e. The molecule has 3 heterocycles. The Balaban J connectivity index is 1.60. The van der Waals surface area contributed by atoms with E-state index in [0.717, 1.165) is 28.6 Å². The molecule has 0 aliphatic carbocycles. The molecular formula is C23H29N5O. The van der Waals surface area contributed by atoms with Crippen LogP contribution in [0.25, 0.3) is 22.0 Å². The molecule has 0 spiro atoms. The molecule has 4 rings (SSSR count). The van der Waals surface area contributed by atoms with Crippen LogP contribution in [0.5, 0.6) is 0 Å². The van der Waals surface area contributed by atoms with E-state index < -0.39 is 0 Å². The Bertz CT molecular complexity index is 986. The lowest BCUT2D eigenvalue weighted by Gasteiger charge is -2.19. The van der Waals surface area contributed by atoms with Gasteiger partial charge in [0.1, 0.15) is 0 Å². The van der Waals surface area contributed by atoms with Gasteiger partial charge in [0.25, 0.3) is 5.91 Å². The third-order valence-electron chi connectivity index (χ3n) is 5.43. The molecule has 1 fully saturated rings. The molecule has 1 amide bonds. The number of pyridine rings is 1. The minimum absolute atomic E-state index is 0.0669. The van der Waals surface area contributed by atoms with Crippen molar-refractivity contribution in [3.05, 3.63) is 47.9 Å². The maximum absolute atomic E-state index is 12.5. The Morgan fingerprint density at radius 3 is 2.66 bits per heavy atom. The number of hydrogen-bond donors (Lipinski definition) is 2. The highest BCUT2D eigenvalue weighted by Crippen LogP contribution is 2.26. The van der Waals surface area contributed by atoms with Crippen LogP contribution in [-0.4, -0.2) is 45.1 Å². The van der Waals surface area contributed by atoms with E-state index in [4.69, 9.17) is 0 Å². The Morgan fingerprint density at radius 1 is 1.10 bits per heavy atom. The van der Waals surface area contributed by atoms with Crippen molar-refractivity contribution in [3.63, 3.8) is 0 Å². The first-order chi connectivity index (χ1) is 14.1. The number of rotatable bonds is 5. The Kier molecular flexibility index (Phi) is 5.90. The first-order valence-electron chi connectivity index (χ1n) is 10.6. The number of aromatic nitrogens is 3. The number of carbonyl (C=O) groups is 1. The van der Waals surface area contributed by atoms with E-state index in [2.05, 4.69) is 37.5 Å². The van der Waals surface area contributed by atoms with Gasteiger partial charge in [0.05, 0.1) is 5.52 Å². The molecule has 0 radical (unpaired) electrons. The SMILES string of the molecule is CC(C)NC(=O)c1n[nH]c2ccc(-c3cncc(CN4CCCCCC4)c3)cc12. The van der Waals surface area contributed by atoms with Crippen molar-refractivity contribution in [1.82, 2.24) is 25.4 Å². The van der Waals surface area contributed by atoms with E-state index in [-0.39, 0.29) is 11.9 Å². The number of nitrogens with zero attached hydrogens (tertiary/aromatic N) is 3. The van der Waals surface area contributed by atoms with Gasteiger partial charge in [-0.25, -0.2) is 0 Å². The molecule has 29 heavy (non-hydrogen) atoms. The van der Waals surface area contributed by atoms with Crippen LogP contribution in [0.15, 0.2) is 36.7 Å². The molecule has 152 valence electrons. The fourth-order valence-corrected chi connectivity index (χ4v) is 3.98. The van der Waals surface area contributed by atoms with Crippen LogP contribution in [0.2, 0.25) is 0 Å². The first-order valence-corrected chi connectivity index (χ1v) is 10.6. The molecule has 0 saturated carbocycles. The molecule has 1 saturated heterocycles. The van der Waals surface area contributed by atoms with E-state index >= 15 is 0 Å². The molecule has 3 aromatic rings. The predicted octanol–water partition coefficient (Wildman–Crippen LogP) is 4.14. The number of benzene rings is 1. The number of nitrogens with one attached hydrogen (secondary N) is 2. The lowest BCUT2D eigenvalue weighted by atomic mass is 10.0. The predicted molar refractivity (Wildman–Crippen MR) is 116 cm³/mol. The van der Waals surface area contributed by atoms with Crippen LogP contribution in [-0.2, 0) is 6.54 Å². The summed E-state index contributed by atoms with van der Waals surface area (Å²) in [6, 6.07) is 8.34. The summed E-state index contributed by atoms with van der Waals surface area (Å²) in [5.41, 5.74) is 4.63. The molecule has 0 unspecified atom stereocenters. The standard InChI is InChI=1S/C23H29N5O/c1-16(2)25-23(29)22-20-12-18(7-8-21(20)26-27-22)19-11-17(13-24-14-19)15-28-9-5-3-4-6-10-28/h7-8,11-14,16H,3-6,9-10,15H2,1-2H3,(H,25,29)(H,26,27). The van der Waals surface area contributed by atoms with Gasteiger partial charge in [0.15, 0.2) is 5.69 Å². The van der Waals surface area contributed by atoms with E-state index in [0.29, 0.717) is 5.69 Å².